The normalized spacial score (nSPS) is 32.9. The maximum absolute atomic E-state index is 13.9. The second kappa shape index (κ2) is 7.34. The number of rotatable bonds is 6. The Morgan fingerprint density at radius 3 is 2.70 bits per heavy atom. The smallest absolute Gasteiger partial charge is 0.262 e. The molecule has 1 aromatic rings. The number of aliphatic hydroxyl groups excluding tert-OH is 1. The third-order valence-corrected chi connectivity index (χ3v) is 8.06. The Bertz CT molecular complexity index is 870. The monoisotopic (exact) mass is 411 g/mol. The van der Waals surface area contributed by atoms with Gasteiger partial charge >= 0.3 is 0 Å². The molecule has 3 N–H and O–H groups in total. The molecular weight excluding hydrogens is 378 g/mol. The van der Waals surface area contributed by atoms with Crippen LogP contribution in [-0.2, 0) is 27.9 Å². The van der Waals surface area contributed by atoms with Crippen LogP contribution < -0.4 is 5.73 Å². The van der Waals surface area contributed by atoms with Crippen molar-refractivity contribution in [3.8, 4) is 0 Å². The molecule has 0 radical (unpaired) electrons. The number of carbonyl (C=O) groups excluding carboxylic acids is 1. The fourth-order valence-corrected chi connectivity index (χ4v) is 6.16. The molecule has 1 heterocycles. The van der Waals surface area contributed by atoms with E-state index in [9.17, 15) is 9.90 Å². The number of ether oxygens (including phenoxy) is 1. The van der Waals surface area contributed by atoms with Gasteiger partial charge in [-0.1, -0.05) is 31.0 Å². The number of aliphatic imine (C=N–C) groups is 1. The summed E-state index contributed by atoms with van der Waals surface area (Å²) in [6.45, 7) is 0.0778. The zero-order chi connectivity index (χ0) is 20.9. The first-order chi connectivity index (χ1) is 14.5. The Labute approximate surface area is 178 Å². The molecule has 5 rings (SSSR count). The number of aryl methyl sites for hydroxylation is 1. The van der Waals surface area contributed by atoms with Crippen LogP contribution >= 0.6 is 0 Å². The van der Waals surface area contributed by atoms with Crippen LogP contribution in [0.15, 0.2) is 23.2 Å². The van der Waals surface area contributed by atoms with Crippen LogP contribution in [-0.4, -0.2) is 48.2 Å². The van der Waals surface area contributed by atoms with Gasteiger partial charge in [-0.25, -0.2) is 4.99 Å². The van der Waals surface area contributed by atoms with Crippen molar-refractivity contribution in [3.05, 3.63) is 34.9 Å². The average Bonchev–Trinajstić information content (AvgIpc) is 3.51. The van der Waals surface area contributed by atoms with Crippen LogP contribution in [0.2, 0.25) is 0 Å². The molecule has 2 saturated carbocycles. The van der Waals surface area contributed by atoms with Gasteiger partial charge in [0.2, 0.25) is 0 Å². The van der Waals surface area contributed by atoms with Crippen LogP contribution in [0.25, 0.3) is 0 Å². The highest BCUT2D eigenvalue weighted by molar-refractivity contribution is 6.08. The molecule has 0 bridgehead atoms. The van der Waals surface area contributed by atoms with E-state index in [2.05, 4.69) is 18.2 Å². The van der Waals surface area contributed by atoms with E-state index in [1.165, 1.54) is 35.3 Å². The summed E-state index contributed by atoms with van der Waals surface area (Å²) >= 11 is 0. The standard InChI is InChI=1S/C24H33N3O3/c1-30-19-8-10-23(11-9-19)15-18-7-6-17(5-4-16-2-3-16)14-20(18)24(23)21(29)27(12-13-28)22(25)26-24/h6-7,14,16,19,28H,2-5,8-13,15H2,1H3,(H2,25,26). The highest BCUT2D eigenvalue weighted by Crippen LogP contribution is 2.62. The predicted molar refractivity (Wildman–Crippen MR) is 115 cm³/mol. The highest BCUT2D eigenvalue weighted by atomic mass is 16.5. The fraction of sp³-hybridized carbons (Fsp3) is 0.667. The molecule has 162 valence electrons. The molecule has 30 heavy (non-hydrogen) atoms. The zero-order valence-corrected chi connectivity index (χ0v) is 17.9. The maximum atomic E-state index is 13.9. The quantitative estimate of drug-likeness (QED) is 0.753. The zero-order valence-electron chi connectivity index (χ0n) is 17.9. The van der Waals surface area contributed by atoms with Crippen molar-refractivity contribution in [1.82, 2.24) is 4.90 Å². The van der Waals surface area contributed by atoms with Crippen molar-refractivity contribution in [2.24, 2.45) is 22.1 Å². The molecule has 0 saturated heterocycles. The van der Waals surface area contributed by atoms with Crippen molar-refractivity contribution in [1.29, 1.82) is 0 Å². The summed E-state index contributed by atoms with van der Waals surface area (Å²) in [5.74, 6) is 1.08. The van der Waals surface area contributed by atoms with Crippen molar-refractivity contribution in [2.75, 3.05) is 20.3 Å². The van der Waals surface area contributed by atoms with Gasteiger partial charge < -0.3 is 15.6 Å². The SMILES string of the molecule is COC1CCC2(CC1)Cc1ccc(CCC3CC3)cc1C21N=C(N)N(CCO)C1=O. The Kier molecular flexibility index (Phi) is 4.90. The van der Waals surface area contributed by atoms with E-state index in [0.29, 0.717) is 0 Å². The van der Waals surface area contributed by atoms with Gasteiger partial charge in [0, 0.05) is 12.5 Å². The van der Waals surface area contributed by atoms with E-state index in [4.69, 9.17) is 15.5 Å². The van der Waals surface area contributed by atoms with E-state index >= 15 is 0 Å². The van der Waals surface area contributed by atoms with Crippen LogP contribution in [0, 0.1) is 11.3 Å². The van der Waals surface area contributed by atoms with E-state index in [-0.39, 0.29) is 36.5 Å². The summed E-state index contributed by atoms with van der Waals surface area (Å²) in [6.07, 6.45) is 9.76. The Hall–Kier alpha value is -1.92. The second-order valence-electron chi connectivity index (χ2n) is 9.73. The van der Waals surface area contributed by atoms with Crippen LogP contribution in [0.1, 0.15) is 61.6 Å². The number of amides is 1. The molecular formula is C24H33N3O3. The van der Waals surface area contributed by atoms with Crippen LogP contribution in [0.3, 0.4) is 0 Å². The number of nitrogens with zero attached hydrogens (tertiary/aromatic N) is 2. The average molecular weight is 412 g/mol. The molecule has 1 aromatic carbocycles. The number of β-amino-alcohol motifs (C(OH)–C–C–N with tert-alkyl or cyclic N) is 1. The number of benzene rings is 1. The number of methoxy groups -OCH3 is 1. The van der Waals surface area contributed by atoms with Gasteiger partial charge in [0.15, 0.2) is 11.5 Å². The summed E-state index contributed by atoms with van der Waals surface area (Å²) in [6, 6.07) is 6.71. The lowest BCUT2D eigenvalue weighted by molar-refractivity contribution is -0.138. The molecule has 2 fully saturated rings. The molecule has 1 aliphatic heterocycles. The highest BCUT2D eigenvalue weighted by Gasteiger charge is 2.66. The lowest BCUT2D eigenvalue weighted by Gasteiger charge is -2.45. The third kappa shape index (κ3) is 2.91. The molecule has 6 heteroatoms. The van der Waals surface area contributed by atoms with E-state index in [0.717, 1.165) is 50.0 Å². The topological polar surface area (TPSA) is 88.2 Å². The minimum Gasteiger partial charge on any atom is -0.395 e. The molecule has 3 aliphatic carbocycles. The van der Waals surface area contributed by atoms with Gasteiger partial charge in [-0.05, 0) is 67.6 Å². The minimum absolute atomic E-state index is 0.0528. The molecule has 1 unspecified atom stereocenters. The number of fused-ring (bicyclic) bond motifs is 3. The number of hydrogen-bond acceptors (Lipinski definition) is 5. The molecule has 1 atom stereocenters. The van der Waals surface area contributed by atoms with Gasteiger partial charge in [0.05, 0.1) is 19.3 Å². The van der Waals surface area contributed by atoms with E-state index in [1.54, 1.807) is 7.11 Å². The van der Waals surface area contributed by atoms with E-state index in [1.807, 2.05) is 0 Å². The summed E-state index contributed by atoms with van der Waals surface area (Å²) in [7, 11) is 1.77. The molecule has 1 amide bonds. The Balaban J connectivity index is 1.57. The predicted octanol–water partition coefficient (Wildman–Crippen LogP) is 2.51. The van der Waals surface area contributed by atoms with Crippen molar-refractivity contribution in [2.45, 2.75) is 69.4 Å². The first kappa shape index (κ1) is 20.0. The van der Waals surface area contributed by atoms with Gasteiger partial charge in [-0.3, -0.25) is 9.69 Å². The third-order valence-electron chi connectivity index (χ3n) is 8.06. The lowest BCUT2D eigenvalue weighted by atomic mass is 9.61. The number of hydrogen-bond donors (Lipinski definition) is 2. The first-order valence-corrected chi connectivity index (χ1v) is 11.5. The van der Waals surface area contributed by atoms with Gasteiger partial charge in [0.1, 0.15) is 0 Å². The minimum atomic E-state index is -0.949. The van der Waals surface area contributed by atoms with Crippen LogP contribution in [0.5, 0.6) is 0 Å². The van der Waals surface area contributed by atoms with E-state index < -0.39 is 5.54 Å². The maximum Gasteiger partial charge on any atom is 0.262 e. The number of carbonyl (C=O) groups is 1. The molecule has 6 nitrogen and oxygen atoms in total. The molecule has 0 aromatic heterocycles. The Morgan fingerprint density at radius 1 is 1.27 bits per heavy atom. The van der Waals surface area contributed by atoms with Gasteiger partial charge in [-0.15, -0.1) is 0 Å². The fourth-order valence-electron chi connectivity index (χ4n) is 6.16. The first-order valence-electron chi connectivity index (χ1n) is 11.5. The number of nitrogens with two attached hydrogens (primary N) is 1. The van der Waals surface area contributed by atoms with Gasteiger partial charge in [-0.2, -0.15) is 0 Å². The summed E-state index contributed by atoms with van der Waals surface area (Å²) < 4.78 is 5.62. The number of guanidine groups is 1. The second-order valence-corrected chi connectivity index (χ2v) is 9.73. The largest absolute Gasteiger partial charge is 0.395 e. The lowest BCUT2D eigenvalue weighted by Crippen LogP contribution is -2.52. The summed E-state index contributed by atoms with van der Waals surface area (Å²) in [5.41, 5.74) is 8.65. The van der Waals surface area contributed by atoms with Gasteiger partial charge in [0.25, 0.3) is 5.91 Å². The number of aliphatic hydroxyl groups is 1. The summed E-state index contributed by atoms with van der Waals surface area (Å²) in [4.78, 5) is 20.3. The van der Waals surface area contributed by atoms with Crippen molar-refractivity contribution < 1.29 is 14.6 Å². The summed E-state index contributed by atoms with van der Waals surface area (Å²) in [5, 5.41) is 9.51. The molecule has 4 aliphatic rings. The molecule has 2 spiro atoms. The Morgan fingerprint density at radius 2 is 2.03 bits per heavy atom. The van der Waals surface area contributed by atoms with Crippen LogP contribution in [0.4, 0.5) is 0 Å². The van der Waals surface area contributed by atoms with Crippen molar-refractivity contribution in [3.63, 3.8) is 0 Å². The van der Waals surface area contributed by atoms with Crippen molar-refractivity contribution >= 4 is 11.9 Å².